The molecule has 0 unspecified atom stereocenters. The standard InChI is InChI=1S/C12H22FNO/c1-9(2)15-8-12-5-4-10(3)14(12)7-11(13)6-12/h9-11H,4-8H2,1-3H3/t10-,11+,12-/m0/s1. The molecule has 88 valence electrons. The lowest BCUT2D eigenvalue weighted by Gasteiger charge is -2.34. The van der Waals surface area contributed by atoms with Crippen molar-refractivity contribution in [2.45, 2.75) is 63.9 Å². The Balaban J connectivity index is 2.04. The van der Waals surface area contributed by atoms with E-state index in [1.807, 2.05) is 13.8 Å². The quantitative estimate of drug-likeness (QED) is 0.716. The minimum Gasteiger partial charge on any atom is -0.377 e. The van der Waals surface area contributed by atoms with Gasteiger partial charge in [-0.05, 0) is 33.6 Å². The number of fused-ring (bicyclic) bond motifs is 1. The highest BCUT2D eigenvalue weighted by Gasteiger charge is 2.51. The Labute approximate surface area is 91.8 Å². The van der Waals surface area contributed by atoms with E-state index in [0.29, 0.717) is 25.6 Å². The zero-order valence-electron chi connectivity index (χ0n) is 10.0. The van der Waals surface area contributed by atoms with Crippen molar-refractivity contribution in [3.63, 3.8) is 0 Å². The summed E-state index contributed by atoms with van der Waals surface area (Å²) in [5, 5.41) is 0. The Kier molecular flexibility index (Phi) is 3.04. The monoisotopic (exact) mass is 215 g/mol. The molecule has 0 radical (unpaired) electrons. The van der Waals surface area contributed by atoms with E-state index in [9.17, 15) is 4.39 Å². The Morgan fingerprint density at radius 1 is 1.53 bits per heavy atom. The number of rotatable bonds is 3. The Morgan fingerprint density at radius 3 is 2.93 bits per heavy atom. The first-order chi connectivity index (χ1) is 7.03. The predicted octanol–water partition coefficient (Wildman–Crippen LogP) is 2.38. The van der Waals surface area contributed by atoms with Crippen LogP contribution in [0.1, 0.15) is 40.0 Å². The van der Waals surface area contributed by atoms with E-state index in [4.69, 9.17) is 4.74 Å². The SMILES string of the molecule is CC(C)OC[C@@]12CC[C@H](C)N1C[C@H](F)C2. The van der Waals surface area contributed by atoms with E-state index in [1.165, 1.54) is 6.42 Å². The Bertz CT molecular complexity index is 234. The van der Waals surface area contributed by atoms with Crippen LogP contribution >= 0.6 is 0 Å². The average Bonchev–Trinajstić information content (AvgIpc) is 2.62. The second kappa shape index (κ2) is 4.02. The van der Waals surface area contributed by atoms with Crippen molar-refractivity contribution >= 4 is 0 Å². The van der Waals surface area contributed by atoms with Crippen molar-refractivity contribution in [3.05, 3.63) is 0 Å². The molecule has 0 aromatic rings. The fourth-order valence-electron chi connectivity index (χ4n) is 3.06. The summed E-state index contributed by atoms with van der Waals surface area (Å²) in [5.74, 6) is 0. The second-order valence-electron chi connectivity index (χ2n) is 5.43. The van der Waals surface area contributed by atoms with Crippen molar-refractivity contribution in [2.24, 2.45) is 0 Å². The molecule has 15 heavy (non-hydrogen) atoms. The summed E-state index contributed by atoms with van der Waals surface area (Å²) in [7, 11) is 0. The zero-order chi connectivity index (χ0) is 11.1. The summed E-state index contributed by atoms with van der Waals surface area (Å²) in [6.07, 6.45) is 2.55. The number of ether oxygens (including phenoxy) is 1. The molecule has 3 atom stereocenters. The molecule has 0 saturated carbocycles. The smallest absolute Gasteiger partial charge is 0.115 e. The molecule has 3 heteroatoms. The fraction of sp³-hybridized carbons (Fsp3) is 1.00. The van der Waals surface area contributed by atoms with Gasteiger partial charge in [-0.1, -0.05) is 0 Å². The van der Waals surface area contributed by atoms with Crippen molar-refractivity contribution < 1.29 is 9.13 Å². The molecule has 2 aliphatic heterocycles. The molecule has 2 rings (SSSR count). The van der Waals surface area contributed by atoms with Crippen LogP contribution in [0.2, 0.25) is 0 Å². The van der Waals surface area contributed by atoms with Crippen LogP contribution in [0, 0.1) is 0 Å². The van der Waals surface area contributed by atoms with Gasteiger partial charge in [0.15, 0.2) is 0 Å². The third kappa shape index (κ3) is 2.04. The van der Waals surface area contributed by atoms with Crippen molar-refractivity contribution in [1.29, 1.82) is 0 Å². The van der Waals surface area contributed by atoms with Gasteiger partial charge in [-0.25, -0.2) is 4.39 Å². The summed E-state index contributed by atoms with van der Waals surface area (Å²) in [6, 6.07) is 0.529. The van der Waals surface area contributed by atoms with Gasteiger partial charge in [0, 0.05) is 24.5 Å². The third-order valence-corrected chi connectivity index (χ3v) is 3.85. The first-order valence-corrected chi connectivity index (χ1v) is 6.06. The Morgan fingerprint density at radius 2 is 2.27 bits per heavy atom. The van der Waals surface area contributed by atoms with E-state index in [1.54, 1.807) is 0 Å². The van der Waals surface area contributed by atoms with Gasteiger partial charge in [0.25, 0.3) is 0 Å². The molecular weight excluding hydrogens is 193 g/mol. The van der Waals surface area contributed by atoms with Crippen molar-refractivity contribution in [1.82, 2.24) is 4.90 Å². The minimum absolute atomic E-state index is 0.0170. The average molecular weight is 215 g/mol. The molecule has 2 nitrogen and oxygen atoms in total. The summed E-state index contributed by atoms with van der Waals surface area (Å²) in [5.41, 5.74) is 0.0170. The summed E-state index contributed by atoms with van der Waals surface area (Å²) in [6.45, 7) is 7.61. The molecule has 0 bridgehead atoms. The van der Waals surface area contributed by atoms with Crippen LogP contribution in [0.5, 0.6) is 0 Å². The van der Waals surface area contributed by atoms with E-state index < -0.39 is 6.17 Å². The highest BCUT2D eigenvalue weighted by Crippen LogP contribution is 2.43. The van der Waals surface area contributed by atoms with E-state index in [0.717, 1.165) is 6.42 Å². The van der Waals surface area contributed by atoms with Crippen LogP contribution in [0.3, 0.4) is 0 Å². The maximum absolute atomic E-state index is 13.5. The number of alkyl halides is 1. The number of hydrogen-bond donors (Lipinski definition) is 0. The van der Waals surface area contributed by atoms with Crippen molar-refractivity contribution in [3.8, 4) is 0 Å². The lowest BCUT2D eigenvalue weighted by molar-refractivity contribution is -0.00371. The normalized spacial score (nSPS) is 41.4. The lowest BCUT2D eigenvalue weighted by atomic mass is 9.94. The van der Waals surface area contributed by atoms with Crippen LogP contribution in [0.4, 0.5) is 4.39 Å². The van der Waals surface area contributed by atoms with Gasteiger partial charge in [-0.15, -0.1) is 0 Å². The topological polar surface area (TPSA) is 12.5 Å². The third-order valence-electron chi connectivity index (χ3n) is 3.85. The van der Waals surface area contributed by atoms with Gasteiger partial charge in [-0.3, -0.25) is 4.90 Å². The predicted molar refractivity (Wildman–Crippen MR) is 58.7 cm³/mol. The second-order valence-corrected chi connectivity index (χ2v) is 5.43. The molecule has 0 aliphatic carbocycles. The molecule has 0 N–H and O–H groups in total. The van der Waals surface area contributed by atoms with Gasteiger partial charge in [0.2, 0.25) is 0 Å². The molecule has 2 saturated heterocycles. The molecule has 2 heterocycles. The minimum atomic E-state index is -0.650. The van der Waals surface area contributed by atoms with Gasteiger partial charge in [-0.2, -0.15) is 0 Å². The zero-order valence-corrected chi connectivity index (χ0v) is 10.0. The van der Waals surface area contributed by atoms with Crippen LogP contribution < -0.4 is 0 Å². The van der Waals surface area contributed by atoms with Gasteiger partial charge in [0.1, 0.15) is 6.17 Å². The summed E-state index contributed by atoms with van der Waals surface area (Å²) in [4.78, 5) is 2.33. The Hall–Kier alpha value is -0.150. The van der Waals surface area contributed by atoms with Crippen LogP contribution in [-0.2, 0) is 4.74 Å². The summed E-state index contributed by atoms with van der Waals surface area (Å²) < 4.78 is 19.2. The maximum Gasteiger partial charge on any atom is 0.115 e. The number of nitrogens with zero attached hydrogens (tertiary/aromatic N) is 1. The maximum atomic E-state index is 13.5. The molecule has 0 amide bonds. The molecule has 0 spiro atoms. The summed E-state index contributed by atoms with van der Waals surface area (Å²) >= 11 is 0. The van der Waals surface area contributed by atoms with E-state index in [-0.39, 0.29) is 11.6 Å². The van der Waals surface area contributed by atoms with Crippen molar-refractivity contribution in [2.75, 3.05) is 13.2 Å². The highest BCUT2D eigenvalue weighted by molar-refractivity contribution is 5.06. The molecular formula is C12H22FNO. The van der Waals surface area contributed by atoms with E-state index >= 15 is 0 Å². The molecule has 0 aromatic heterocycles. The van der Waals surface area contributed by atoms with Crippen LogP contribution in [0.25, 0.3) is 0 Å². The van der Waals surface area contributed by atoms with Gasteiger partial charge >= 0.3 is 0 Å². The number of hydrogen-bond acceptors (Lipinski definition) is 2. The number of halogens is 1. The van der Waals surface area contributed by atoms with Gasteiger partial charge in [0.05, 0.1) is 12.7 Å². The fourth-order valence-corrected chi connectivity index (χ4v) is 3.06. The first kappa shape index (κ1) is 11.3. The molecule has 2 fully saturated rings. The molecule has 0 aromatic carbocycles. The largest absolute Gasteiger partial charge is 0.377 e. The first-order valence-electron chi connectivity index (χ1n) is 6.06. The molecule has 2 aliphatic rings. The van der Waals surface area contributed by atoms with Crippen LogP contribution in [-0.4, -0.2) is 41.9 Å². The van der Waals surface area contributed by atoms with E-state index in [2.05, 4.69) is 11.8 Å². The highest BCUT2D eigenvalue weighted by atomic mass is 19.1. The van der Waals surface area contributed by atoms with Crippen LogP contribution in [0.15, 0.2) is 0 Å². The lowest BCUT2D eigenvalue weighted by Crippen LogP contribution is -2.45. The van der Waals surface area contributed by atoms with Gasteiger partial charge < -0.3 is 4.74 Å².